The maximum absolute atomic E-state index is 13.0. The number of carbonyl (C=O) groups is 1. The van der Waals surface area contributed by atoms with Crippen LogP contribution in [-0.2, 0) is 0 Å². The number of amides is 1. The molecule has 0 aromatic heterocycles. The summed E-state index contributed by atoms with van der Waals surface area (Å²) in [7, 11) is 0. The van der Waals surface area contributed by atoms with Crippen LogP contribution in [0.15, 0.2) is 18.2 Å². The Balaban J connectivity index is 2.21. The second-order valence-corrected chi connectivity index (χ2v) is 7.30. The second-order valence-electron chi connectivity index (χ2n) is 7.30. The maximum atomic E-state index is 13.0. The molecule has 0 radical (unpaired) electrons. The largest absolute Gasteiger partial charge is 0.382 e. The van der Waals surface area contributed by atoms with E-state index < -0.39 is 0 Å². The van der Waals surface area contributed by atoms with Crippen molar-refractivity contribution in [3.05, 3.63) is 29.3 Å². The number of nitrogens with zero attached hydrogens (tertiary/aromatic N) is 1. The van der Waals surface area contributed by atoms with Crippen molar-refractivity contribution < 1.29 is 4.79 Å². The van der Waals surface area contributed by atoms with E-state index in [9.17, 15) is 4.79 Å². The minimum absolute atomic E-state index is 0.131. The summed E-state index contributed by atoms with van der Waals surface area (Å²) in [6, 6.07) is 6.59. The lowest BCUT2D eigenvalue weighted by Crippen LogP contribution is -2.35. The standard InChI is InChI=1S/C19H31N3O/c1-12(2)15(5)21-18-8-6-7-17(14(18)4)19(23)22-11-16(10-20)9-13(22)3/h6-8,12-13,15-16,21H,9-11,20H2,1-5H3. The van der Waals surface area contributed by atoms with Gasteiger partial charge in [0.25, 0.3) is 5.91 Å². The Labute approximate surface area is 140 Å². The van der Waals surface area contributed by atoms with Crippen molar-refractivity contribution in [2.45, 2.75) is 53.1 Å². The van der Waals surface area contributed by atoms with Crippen LogP contribution in [-0.4, -0.2) is 36.0 Å². The first-order valence-electron chi connectivity index (χ1n) is 8.72. The second kappa shape index (κ2) is 7.35. The number of nitrogens with one attached hydrogen (secondary N) is 1. The van der Waals surface area contributed by atoms with Crippen LogP contribution in [0.3, 0.4) is 0 Å². The fourth-order valence-corrected chi connectivity index (χ4v) is 3.19. The molecule has 0 saturated carbocycles. The van der Waals surface area contributed by atoms with E-state index in [0.717, 1.165) is 29.8 Å². The van der Waals surface area contributed by atoms with Gasteiger partial charge >= 0.3 is 0 Å². The molecule has 0 spiro atoms. The molecule has 23 heavy (non-hydrogen) atoms. The first kappa shape index (κ1) is 17.8. The molecule has 1 saturated heterocycles. The van der Waals surface area contributed by atoms with Crippen LogP contribution in [0, 0.1) is 18.8 Å². The molecule has 1 heterocycles. The highest BCUT2D eigenvalue weighted by Crippen LogP contribution is 2.27. The van der Waals surface area contributed by atoms with E-state index in [4.69, 9.17) is 5.73 Å². The van der Waals surface area contributed by atoms with Gasteiger partial charge in [-0.25, -0.2) is 0 Å². The molecule has 4 nitrogen and oxygen atoms in total. The quantitative estimate of drug-likeness (QED) is 0.876. The number of carbonyl (C=O) groups excluding carboxylic acids is 1. The van der Waals surface area contributed by atoms with Crippen LogP contribution in [0.2, 0.25) is 0 Å². The van der Waals surface area contributed by atoms with Gasteiger partial charge in [-0.1, -0.05) is 19.9 Å². The third kappa shape index (κ3) is 3.86. The maximum Gasteiger partial charge on any atom is 0.254 e. The summed E-state index contributed by atoms with van der Waals surface area (Å²) in [4.78, 5) is 15.0. The van der Waals surface area contributed by atoms with Crippen molar-refractivity contribution in [1.82, 2.24) is 4.90 Å². The number of hydrogen-bond donors (Lipinski definition) is 2. The fourth-order valence-electron chi connectivity index (χ4n) is 3.19. The number of nitrogens with two attached hydrogens (primary N) is 1. The normalized spacial score (nSPS) is 22.5. The summed E-state index contributed by atoms with van der Waals surface area (Å²) in [5, 5.41) is 3.54. The molecular formula is C19H31N3O. The van der Waals surface area contributed by atoms with Gasteiger partial charge in [-0.05, 0) is 63.3 Å². The summed E-state index contributed by atoms with van der Waals surface area (Å²) in [5.74, 6) is 1.10. The molecule has 1 aromatic rings. The zero-order chi connectivity index (χ0) is 17.1. The summed E-state index contributed by atoms with van der Waals surface area (Å²) in [6.45, 7) is 12.1. The Hall–Kier alpha value is -1.55. The van der Waals surface area contributed by atoms with Gasteiger partial charge in [0.05, 0.1) is 0 Å². The van der Waals surface area contributed by atoms with Gasteiger partial charge in [-0.2, -0.15) is 0 Å². The molecule has 1 aliphatic heterocycles. The Bertz CT molecular complexity index is 556. The molecule has 0 bridgehead atoms. The van der Waals surface area contributed by atoms with Crippen molar-refractivity contribution >= 4 is 11.6 Å². The van der Waals surface area contributed by atoms with Crippen LogP contribution in [0.4, 0.5) is 5.69 Å². The molecule has 4 heteroatoms. The van der Waals surface area contributed by atoms with Crippen molar-refractivity contribution in [1.29, 1.82) is 0 Å². The summed E-state index contributed by atoms with van der Waals surface area (Å²) >= 11 is 0. The number of hydrogen-bond acceptors (Lipinski definition) is 3. The Morgan fingerprint density at radius 1 is 1.39 bits per heavy atom. The average molecular weight is 317 g/mol. The van der Waals surface area contributed by atoms with E-state index >= 15 is 0 Å². The molecule has 128 valence electrons. The predicted octanol–water partition coefficient (Wildman–Crippen LogP) is 3.26. The van der Waals surface area contributed by atoms with Crippen LogP contribution in [0.25, 0.3) is 0 Å². The molecule has 2 rings (SSSR count). The van der Waals surface area contributed by atoms with E-state index in [1.807, 2.05) is 24.0 Å². The van der Waals surface area contributed by atoms with Gasteiger partial charge in [-0.3, -0.25) is 4.79 Å². The highest BCUT2D eigenvalue weighted by atomic mass is 16.2. The van der Waals surface area contributed by atoms with E-state index in [2.05, 4.69) is 39.1 Å². The fraction of sp³-hybridized carbons (Fsp3) is 0.632. The van der Waals surface area contributed by atoms with Crippen molar-refractivity contribution in [2.24, 2.45) is 17.6 Å². The molecule has 3 unspecified atom stereocenters. The Morgan fingerprint density at radius 2 is 2.09 bits per heavy atom. The van der Waals surface area contributed by atoms with Gasteiger partial charge in [0.2, 0.25) is 0 Å². The SMILES string of the molecule is Cc1c(NC(C)C(C)C)cccc1C(=O)N1CC(CN)CC1C. The lowest BCUT2D eigenvalue weighted by molar-refractivity contribution is 0.0743. The zero-order valence-corrected chi connectivity index (χ0v) is 15.1. The molecule has 1 aliphatic rings. The van der Waals surface area contributed by atoms with Gasteiger partial charge in [0.15, 0.2) is 0 Å². The van der Waals surface area contributed by atoms with Crippen molar-refractivity contribution in [3.8, 4) is 0 Å². The Kier molecular flexibility index (Phi) is 5.69. The average Bonchev–Trinajstić information content (AvgIpc) is 2.89. The molecule has 1 fully saturated rings. The van der Waals surface area contributed by atoms with Crippen molar-refractivity contribution in [3.63, 3.8) is 0 Å². The molecule has 1 aromatic carbocycles. The van der Waals surface area contributed by atoms with Crippen LogP contribution in [0.5, 0.6) is 0 Å². The van der Waals surface area contributed by atoms with Crippen LogP contribution >= 0.6 is 0 Å². The Morgan fingerprint density at radius 3 is 2.65 bits per heavy atom. The topological polar surface area (TPSA) is 58.4 Å². The summed E-state index contributed by atoms with van der Waals surface area (Å²) in [5.41, 5.74) is 8.68. The minimum Gasteiger partial charge on any atom is -0.382 e. The first-order valence-corrected chi connectivity index (χ1v) is 8.72. The molecule has 1 amide bonds. The predicted molar refractivity (Wildman–Crippen MR) is 96.8 cm³/mol. The number of rotatable bonds is 5. The third-order valence-electron chi connectivity index (χ3n) is 5.20. The molecule has 0 aliphatic carbocycles. The highest BCUT2D eigenvalue weighted by Gasteiger charge is 2.32. The summed E-state index contributed by atoms with van der Waals surface area (Å²) < 4.78 is 0. The number of likely N-dealkylation sites (tertiary alicyclic amines) is 1. The molecule has 3 N–H and O–H groups in total. The number of benzene rings is 1. The van der Waals surface area contributed by atoms with Gasteiger partial charge < -0.3 is 16.0 Å². The van der Waals surface area contributed by atoms with Gasteiger partial charge in [0, 0.05) is 29.9 Å². The van der Waals surface area contributed by atoms with Gasteiger partial charge in [-0.15, -0.1) is 0 Å². The third-order valence-corrected chi connectivity index (χ3v) is 5.20. The molecule has 3 atom stereocenters. The lowest BCUT2D eigenvalue weighted by Gasteiger charge is -2.25. The van der Waals surface area contributed by atoms with E-state index in [1.165, 1.54) is 0 Å². The summed E-state index contributed by atoms with van der Waals surface area (Å²) in [6.07, 6.45) is 1.00. The number of anilines is 1. The first-order chi connectivity index (χ1) is 10.8. The van der Waals surface area contributed by atoms with Crippen LogP contribution < -0.4 is 11.1 Å². The van der Waals surface area contributed by atoms with Crippen molar-refractivity contribution in [2.75, 3.05) is 18.4 Å². The monoisotopic (exact) mass is 317 g/mol. The minimum atomic E-state index is 0.131. The zero-order valence-electron chi connectivity index (χ0n) is 15.1. The van der Waals surface area contributed by atoms with E-state index in [0.29, 0.717) is 24.4 Å². The van der Waals surface area contributed by atoms with E-state index in [1.54, 1.807) is 0 Å². The van der Waals surface area contributed by atoms with Crippen LogP contribution in [0.1, 0.15) is 50.0 Å². The highest BCUT2D eigenvalue weighted by molar-refractivity contribution is 5.97. The lowest BCUT2D eigenvalue weighted by atomic mass is 10.0. The smallest absolute Gasteiger partial charge is 0.254 e. The molecular weight excluding hydrogens is 286 g/mol. The van der Waals surface area contributed by atoms with Gasteiger partial charge in [0.1, 0.15) is 0 Å². The van der Waals surface area contributed by atoms with E-state index in [-0.39, 0.29) is 11.9 Å².